The van der Waals surface area contributed by atoms with Gasteiger partial charge in [-0.1, -0.05) is 12.1 Å². The lowest BCUT2D eigenvalue weighted by Gasteiger charge is -2.33. The quantitative estimate of drug-likeness (QED) is 0.678. The Morgan fingerprint density at radius 3 is 2.88 bits per heavy atom. The molecule has 1 amide bonds. The molecule has 1 atom stereocenters. The molecule has 4 rings (SSSR count). The summed E-state index contributed by atoms with van der Waals surface area (Å²) in [4.78, 5) is 30.3. The van der Waals surface area contributed by atoms with E-state index in [2.05, 4.69) is 9.38 Å². The summed E-state index contributed by atoms with van der Waals surface area (Å²) in [6.45, 7) is 2.92. The zero-order valence-electron chi connectivity index (χ0n) is 17.7. The van der Waals surface area contributed by atoms with Crippen LogP contribution in [0.25, 0.3) is 0 Å². The van der Waals surface area contributed by atoms with E-state index in [9.17, 15) is 18.0 Å². The number of benzene rings is 1. The van der Waals surface area contributed by atoms with Gasteiger partial charge in [-0.05, 0) is 36.6 Å². The number of sulfonamides is 1. The van der Waals surface area contributed by atoms with E-state index >= 15 is 0 Å². The summed E-state index contributed by atoms with van der Waals surface area (Å²) in [5.74, 6) is -0.0171. The van der Waals surface area contributed by atoms with Gasteiger partial charge >= 0.3 is 0 Å². The van der Waals surface area contributed by atoms with Crippen LogP contribution in [0.3, 0.4) is 0 Å². The minimum atomic E-state index is -3.61. The highest BCUT2D eigenvalue weighted by Gasteiger charge is 2.28. The summed E-state index contributed by atoms with van der Waals surface area (Å²) in [5.41, 5.74) is 7.68. The maximum Gasteiger partial charge on any atom is 0.259 e. The number of pyridine rings is 1. The van der Waals surface area contributed by atoms with Crippen molar-refractivity contribution in [2.75, 3.05) is 19.7 Å². The van der Waals surface area contributed by atoms with Crippen molar-refractivity contribution in [3.8, 4) is 5.75 Å². The first-order chi connectivity index (χ1) is 15.2. The Bertz CT molecular complexity index is 1210. The fourth-order valence-electron chi connectivity index (χ4n) is 4.06. The molecular weight excluding hydrogens is 432 g/mol. The second kappa shape index (κ2) is 8.70. The van der Waals surface area contributed by atoms with Crippen LogP contribution in [-0.4, -0.2) is 55.5 Å². The second-order valence-corrected chi connectivity index (χ2v) is 9.68. The number of likely N-dealkylation sites (tertiary alicyclic amines) is 1. The third-order valence-electron chi connectivity index (χ3n) is 5.59. The van der Waals surface area contributed by atoms with E-state index in [1.807, 2.05) is 0 Å². The van der Waals surface area contributed by atoms with Gasteiger partial charge in [-0.25, -0.2) is 8.42 Å². The SMILES string of the molecule is CC(=O)c1cc(C(=O)N2CCC[C@H](COc3cccc4c3C(N)=NS(=O)(=O)C4)C2)ccn1. The summed E-state index contributed by atoms with van der Waals surface area (Å²) < 4.78 is 33.3. The van der Waals surface area contributed by atoms with Gasteiger partial charge in [0.15, 0.2) is 5.78 Å². The van der Waals surface area contributed by atoms with Crippen molar-refractivity contribution in [3.63, 3.8) is 0 Å². The van der Waals surface area contributed by atoms with Gasteiger partial charge in [-0.2, -0.15) is 0 Å². The van der Waals surface area contributed by atoms with Gasteiger partial charge in [0.2, 0.25) is 0 Å². The molecule has 2 aromatic rings. The molecule has 32 heavy (non-hydrogen) atoms. The Hall–Kier alpha value is -3.27. The minimum absolute atomic E-state index is 0.0683. The number of aromatic nitrogens is 1. The number of amides is 1. The first-order valence-corrected chi connectivity index (χ1v) is 11.9. The lowest BCUT2D eigenvalue weighted by atomic mass is 9.98. The van der Waals surface area contributed by atoms with Gasteiger partial charge in [0.05, 0.1) is 17.9 Å². The Morgan fingerprint density at radius 1 is 1.28 bits per heavy atom. The molecule has 0 unspecified atom stereocenters. The topological polar surface area (TPSA) is 132 Å². The zero-order chi connectivity index (χ0) is 22.9. The number of carbonyl (C=O) groups is 2. The minimum Gasteiger partial charge on any atom is -0.492 e. The molecule has 10 heteroatoms. The van der Waals surface area contributed by atoms with Gasteiger partial charge in [0, 0.05) is 37.7 Å². The number of amidine groups is 1. The fourth-order valence-corrected chi connectivity index (χ4v) is 5.15. The molecule has 2 aliphatic heterocycles. The van der Waals surface area contributed by atoms with E-state index < -0.39 is 10.0 Å². The van der Waals surface area contributed by atoms with Gasteiger partial charge in [0.25, 0.3) is 15.9 Å². The number of fused-ring (bicyclic) bond motifs is 1. The van der Waals surface area contributed by atoms with E-state index in [1.165, 1.54) is 19.2 Å². The number of ether oxygens (including phenoxy) is 1. The number of rotatable bonds is 5. The molecule has 9 nitrogen and oxygen atoms in total. The highest BCUT2D eigenvalue weighted by molar-refractivity contribution is 7.89. The van der Waals surface area contributed by atoms with Gasteiger partial charge in [-0.15, -0.1) is 4.40 Å². The van der Waals surface area contributed by atoms with Crippen LogP contribution >= 0.6 is 0 Å². The van der Waals surface area contributed by atoms with Crippen LogP contribution in [-0.2, 0) is 15.8 Å². The van der Waals surface area contributed by atoms with E-state index in [4.69, 9.17) is 10.5 Å². The number of ketones is 1. The summed E-state index contributed by atoms with van der Waals surface area (Å²) in [6, 6.07) is 8.31. The van der Waals surface area contributed by atoms with Crippen molar-refractivity contribution in [1.82, 2.24) is 9.88 Å². The molecule has 2 N–H and O–H groups in total. The van der Waals surface area contributed by atoms with Crippen molar-refractivity contribution in [3.05, 3.63) is 58.9 Å². The van der Waals surface area contributed by atoms with E-state index in [0.29, 0.717) is 42.1 Å². The van der Waals surface area contributed by atoms with Crippen molar-refractivity contribution in [1.29, 1.82) is 0 Å². The number of hydrogen-bond acceptors (Lipinski definition) is 7. The molecule has 3 heterocycles. The Kier molecular flexibility index (Phi) is 5.96. The number of hydrogen-bond donors (Lipinski definition) is 1. The lowest BCUT2D eigenvalue weighted by molar-refractivity contribution is 0.0633. The first-order valence-electron chi connectivity index (χ1n) is 10.3. The van der Waals surface area contributed by atoms with Crippen molar-refractivity contribution >= 4 is 27.5 Å². The van der Waals surface area contributed by atoms with E-state index in [0.717, 1.165) is 12.8 Å². The van der Waals surface area contributed by atoms with Crippen LogP contribution < -0.4 is 10.5 Å². The lowest BCUT2D eigenvalue weighted by Crippen LogP contribution is -2.41. The molecule has 1 aromatic carbocycles. The second-order valence-electron chi connectivity index (χ2n) is 8.05. The molecule has 0 aliphatic carbocycles. The van der Waals surface area contributed by atoms with Crippen molar-refractivity contribution in [2.45, 2.75) is 25.5 Å². The molecule has 1 saturated heterocycles. The van der Waals surface area contributed by atoms with Gasteiger partial charge < -0.3 is 15.4 Å². The number of nitrogens with zero attached hydrogens (tertiary/aromatic N) is 3. The zero-order valence-corrected chi connectivity index (χ0v) is 18.5. The molecule has 0 spiro atoms. The average molecular weight is 457 g/mol. The molecule has 0 saturated carbocycles. The number of carbonyl (C=O) groups excluding carboxylic acids is 2. The van der Waals surface area contributed by atoms with Crippen molar-refractivity contribution < 1.29 is 22.7 Å². The van der Waals surface area contributed by atoms with E-state index in [-0.39, 0.29) is 34.9 Å². The molecule has 0 radical (unpaired) electrons. The third-order valence-corrected chi connectivity index (χ3v) is 6.74. The average Bonchev–Trinajstić information content (AvgIpc) is 2.76. The smallest absolute Gasteiger partial charge is 0.259 e. The van der Waals surface area contributed by atoms with E-state index in [1.54, 1.807) is 29.2 Å². The Balaban J connectivity index is 1.44. The van der Waals surface area contributed by atoms with Crippen LogP contribution in [0, 0.1) is 5.92 Å². The molecule has 168 valence electrons. The first kappa shape index (κ1) is 21.9. The largest absolute Gasteiger partial charge is 0.492 e. The number of nitrogens with two attached hydrogens (primary N) is 1. The molecule has 1 fully saturated rings. The van der Waals surface area contributed by atoms with Crippen LogP contribution in [0.15, 0.2) is 40.9 Å². The van der Waals surface area contributed by atoms with Crippen LogP contribution in [0.1, 0.15) is 51.7 Å². The summed E-state index contributed by atoms with van der Waals surface area (Å²) in [7, 11) is -3.61. The molecule has 0 bridgehead atoms. The molecular formula is C22H24N4O5S. The Morgan fingerprint density at radius 2 is 2.09 bits per heavy atom. The highest BCUT2D eigenvalue weighted by Crippen LogP contribution is 2.29. The summed E-state index contributed by atoms with van der Waals surface area (Å²) in [5, 5.41) is 0. The number of Topliss-reactive ketones (excluding diaryl/α,β-unsaturated/α-hetero) is 1. The Labute approximate surface area is 186 Å². The maximum absolute atomic E-state index is 12.9. The maximum atomic E-state index is 12.9. The van der Waals surface area contributed by atoms with Crippen LogP contribution in [0.5, 0.6) is 5.75 Å². The molecule has 1 aromatic heterocycles. The standard InChI is InChI=1S/C22H24N4O5S/c1-14(27)18-10-16(7-8-24-18)22(28)26-9-3-4-15(11-26)12-31-19-6-2-5-17-13-32(29,30)25-21(23)20(17)19/h2,5-8,10,15H,3-4,9,11-13H2,1H3,(H2,23,25)/t15-/m0/s1. The highest BCUT2D eigenvalue weighted by atomic mass is 32.2. The fraction of sp³-hybridized carbons (Fsp3) is 0.364. The summed E-state index contributed by atoms with van der Waals surface area (Å²) in [6.07, 6.45) is 3.20. The van der Waals surface area contributed by atoms with Crippen LogP contribution in [0.4, 0.5) is 0 Å². The van der Waals surface area contributed by atoms with Crippen molar-refractivity contribution in [2.24, 2.45) is 16.0 Å². The number of piperidine rings is 1. The van der Waals surface area contributed by atoms with Crippen LogP contribution in [0.2, 0.25) is 0 Å². The normalized spacial score (nSPS) is 19.6. The van der Waals surface area contributed by atoms with Gasteiger partial charge in [0.1, 0.15) is 17.3 Å². The molecule has 2 aliphatic rings. The predicted molar refractivity (Wildman–Crippen MR) is 118 cm³/mol. The summed E-state index contributed by atoms with van der Waals surface area (Å²) >= 11 is 0. The third kappa shape index (κ3) is 4.64. The monoisotopic (exact) mass is 456 g/mol. The van der Waals surface area contributed by atoms with Gasteiger partial charge in [-0.3, -0.25) is 14.6 Å². The predicted octanol–water partition coefficient (Wildman–Crippen LogP) is 1.76.